The largest absolute Gasteiger partial charge is 0.356 e. The first kappa shape index (κ1) is 16.5. The van der Waals surface area contributed by atoms with E-state index in [1.165, 1.54) is 12.8 Å². The Bertz CT molecular complexity index is 959. The van der Waals surface area contributed by atoms with Crippen molar-refractivity contribution in [2.75, 3.05) is 13.1 Å². The topological polar surface area (TPSA) is 85.3 Å². The number of aromatic nitrogens is 3. The van der Waals surface area contributed by atoms with Gasteiger partial charge in [-0.25, -0.2) is 0 Å². The van der Waals surface area contributed by atoms with Crippen LogP contribution >= 0.6 is 0 Å². The van der Waals surface area contributed by atoms with Gasteiger partial charge in [0.05, 0.1) is 6.42 Å². The Morgan fingerprint density at radius 3 is 2.93 bits per heavy atom. The number of carbonyl (C=O) groups excluding carboxylic acids is 1. The van der Waals surface area contributed by atoms with Crippen LogP contribution in [0.2, 0.25) is 0 Å². The van der Waals surface area contributed by atoms with Crippen molar-refractivity contribution in [1.82, 2.24) is 20.2 Å². The third-order valence-electron chi connectivity index (χ3n) is 5.53. The molecule has 2 fully saturated rings. The minimum atomic E-state index is 0.1000. The molecule has 3 heterocycles. The molecule has 5 rings (SSSR count). The molecular formula is C20H22N4O3. The zero-order chi connectivity index (χ0) is 18.2. The molecule has 1 saturated carbocycles. The van der Waals surface area contributed by atoms with Crippen molar-refractivity contribution in [3.8, 4) is 0 Å². The molecule has 1 aliphatic carbocycles. The Kier molecular flexibility index (Phi) is 4.14. The number of benzene rings is 1. The van der Waals surface area contributed by atoms with E-state index in [1.807, 2.05) is 29.2 Å². The molecule has 0 spiro atoms. The standard InChI is InChI=1S/C20H22N4O3/c25-19(11-16-15-5-1-2-6-17(15)26-22-16)24-9-3-4-13(12-24)10-18-21-20(23-27-18)14-7-8-14/h1-2,5-6,13-14H,3-4,7-12H2/t13-/m1/s1. The maximum absolute atomic E-state index is 12.8. The number of hydrogen-bond acceptors (Lipinski definition) is 6. The van der Waals surface area contributed by atoms with Crippen molar-refractivity contribution in [3.05, 3.63) is 41.7 Å². The average Bonchev–Trinajstić information content (AvgIpc) is 3.32. The summed E-state index contributed by atoms with van der Waals surface area (Å²) in [5, 5.41) is 9.09. The van der Waals surface area contributed by atoms with Crippen molar-refractivity contribution in [1.29, 1.82) is 0 Å². The van der Waals surface area contributed by atoms with Gasteiger partial charge in [-0.3, -0.25) is 4.79 Å². The van der Waals surface area contributed by atoms with E-state index in [2.05, 4.69) is 15.3 Å². The van der Waals surface area contributed by atoms with Gasteiger partial charge in [-0.1, -0.05) is 22.4 Å². The highest BCUT2D eigenvalue weighted by molar-refractivity contribution is 5.86. The fourth-order valence-corrected chi connectivity index (χ4v) is 3.88. The lowest BCUT2D eigenvalue weighted by atomic mass is 9.94. The summed E-state index contributed by atoms with van der Waals surface area (Å²) in [5.41, 5.74) is 1.43. The number of para-hydroxylation sites is 1. The van der Waals surface area contributed by atoms with Crippen LogP contribution in [0.1, 0.15) is 49.0 Å². The molecule has 1 amide bonds. The molecule has 0 unspecified atom stereocenters. The first-order valence-corrected chi connectivity index (χ1v) is 9.70. The van der Waals surface area contributed by atoms with Crippen LogP contribution in [0.4, 0.5) is 0 Å². The van der Waals surface area contributed by atoms with E-state index in [0.29, 0.717) is 23.4 Å². The molecule has 1 saturated heterocycles. The quantitative estimate of drug-likeness (QED) is 0.690. The van der Waals surface area contributed by atoms with E-state index < -0.39 is 0 Å². The highest BCUT2D eigenvalue weighted by Crippen LogP contribution is 2.38. The van der Waals surface area contributed by atoms with Crippen molar-refractivity contribution < 1.29 is 13.8 Å². The SMILES string of the molecule is O=C(Cc1noc2ccccc12)N1CCC[C@H](Cc2nc(C3CC3)no2)C1. The maximum Gasteiger partial charge on any atom is 0.228 e. The average molecular weight is 366 g/mol. The van der Waals surface area contributed by atoms with Gasteiger partial charge in [0, 0.05) is 30.8 Å². The van der Waals surface area contributed by atoms with Gasteiger partial charge in [0.15, 0.2) is 11.4 Å². The Hall–Kier alpha value is -2.70. The molecule has 140 valence electrons. The summed E-state index contributed by atoms with van der Waals surface area (Å²) in [6.07, 6.45) is 5.44. The first-order valence-electron chi connectivity index (χ1n) is 9.70. The van der Waals surface area contributed by atoms with Crippen LogP contribution in [0.15, 0.2) is 33.3 Å². The number of nitrogens with zero attached hydrogens (tertiary/aromatic N) is 4. The van der Waals surface area contributed by atoms with E-state index in [0.717, 1.165) is 49.1 Å². The molecule has 1 atom stereocenters. The second kappa shape index (κ2) is 6.79. The zero-order valence-electron chi connectivity index (χ0n) is 15.1. The van der Waals surface area contributed by atoms with Gasteiger partial charge in [0.25, 0.3) is 0 Å². The summed E-state index contributed by atoms with van der Waals surface area (Å²) in [6.45, 7) is 1.53. The molecule has 7 heteroatoms. The normalized spacial score (nSPS) is 20.3. The van der Waals surface area contributed by atoms with Gasteiger partial charge < -0.3 is 13.9 Å². The third-order valence-corrected chi connectivity index (χ3v) is 5.53. The number of rotatable bonds is 5. The number of piperidine rings is 1. The van der Waals surface area contributed by atoms with Gasteiger partial charge in [0.2, 0.25) is 11.8 Å². The molecule has 3 aromatic rings. The molecule has 2 aliphatic rings. The van der Waals surface area contributed by atoms with E-state index in [9.17, 15) is 4.79 Å². The van der Waals surface area contributed by atoms with Crippen molar-refractivity contribution in [2.24, 2.45) is 5.92 Å². The van der Waals surface area contributed by atoms with Gasteiger partial charge >= 0.3 is 0 Å². The number of fused-ring (bicyclic) bond motifs is 1. The summed E-state index contributed by atoms with van der Waals surface area (Å²) < 4.78 is 10.7. The summed E-state index contributed by atoms with van der Waals surface area (Å²) in [4.78, 5) is 19.3. The first-order chi connectivity index (χ1) is 13.3. The minimum absolute atomic E-state index is 0.1000. The van der Waals surface area contributed by atoms with Crippen molar-refractivity contribution >= 4 is 16.9 Å². The summed E-state index contributed by atoms with van der Waals surface area (Å²) in [7, 11) is 0. The molecule has 0 radical (unpaired) electrons. The molecule has 1 aromatic carbocycles. The van der Waals surface area contributed by atoms with Crippen LogP contribution in [0.3, 0.4) is 0 Å². The number of amides is 1. The Morgan fingerprint density at radius 2 is 2.04 bits per heavy atom. The maximum atomic E-state index is 12.8. The lowest BCUT2D eigenvalue weighted by Gasteiger charge is -2.32. The van der Waals surface area contributed by atoms with Crippen molar-refractivity contribution in [2.45, 2.75) is 44.4 Å². The number of likely N-dealkylation sites (tertiary alicyclic amines) is 1. The van der Waals surface area contributed by atoms with Gasteiger partial charge in [-0.15, -0.1) is 0 Å². The predicted octanol–water partition coefficient (Wildman–Crippen LogP) is 3.11. The van der Waals surface area contributed by atoms with E-state index in [-0.39, 0.29) is 12.3 Å². The molecule has 2 aromatic heterocycles. The summed E-state index contributed by atoms with van der Waals surface area (Å²) >= 11 is 0. The number of hydrogen-bond donors (Lipinski definition) is 0. The molecule has 0 bridgehead atoms. The lowest BCUT2D eigenvalue weighted by molar-refractivity contribution is -0.132. The minimum Gasteiger partial charge on any atom is -0.356 e. The second-order valence-electron chi connectivity index (χ2n) is 7.67. The fraction of sp³-hybridized carbons (Fsp3) is 0.500. The van der Waals surface area contributed by atoms with Crippen LogP contribution in [0.25, 0.3) is 11.0 Å². The fourth-order valence-electron chi connectivity index (χ4n) is 3.88. The Labute approximate surface area is 156 Å². The third kappa shape index (κ3) is 3.46. The molecular weight excluding hydrogens is 344 g/mol. The van der Waals surface area contributed by atoms with Crippen molar-refractivity contribution in [3.63, 3.8) is 0 Å². The van der Waals surface area contributed by atoms with E-state index >= 15 is 0 Å². The molecule has 27 heavy (non-hydrogen) atoms. The second-order valence-corrected chi connectivity index (χ2v) is 7.67. The van der Waals surface area contributed by atoms with Crippen LogP contribution in [-0.2, 0) is 17.6 Å². The van der Waals surface area contributed by atoms with Gasteiger partial charge in [-0.2, -0.15) is 4.98 Å². The van der Waals surface area contributed by atoms with E-state index in [1.54, 1.807) is 0 Å². The predicted molar refractivity (Wildman–Crippen MR) is 97.0 cm³/mol. The smallest absolute Gasteiger partial charge is 0.228 e. The van der Waals surface area contributed by atoms with Crippen LogP contribution in [-0.4, -0.2) is 39.2 Å². The Morgan fingerprint density at radius 1 is 1.15 bits per heavy atom. The van der Waals surface area contributed by atoms with Crippen LogP contribution < -0.4 is 0 Å². The monoisotopic (exact) mass is 366 g/mol. The lowest BCUT2D eigenvalue weighted by Crippen LogP contribution is -2.41. The number of carbonyl (C=O) groups is 1. The van der Waals surface area contributed by atoms with Gasteiger partial charge in [0.1, 0.15) is 5.69 Å². The summed E-state index contributed by atoms with van der Waals surface area (Å²) in [6, 6.07) is 7.65. The molecule has 1 aliphatic heterocycles. The molecule has 7 nitrogen and oxygen atoms in total. The molecule has 0 N–H and O–H groups in total. The highest BCUT2D eigenvalue weighted by atomic mass is 16.5. The van der Waals surface area contributed by atoms with Gasteiger partial charge in [-0.05, 0) is 43.7 Å². The Balaban J connectivity index is 1.22. The highest BCUT2D eigenvalue weighted by Gasteiger charge is 2.30. The zero-order valence-corrected chi connectivity index (χ0v) is 15.1. The summed E-state index contributed by atoms with van der Waals surface area (Å²) in [5.74, 6) is 2.53. The van der Waals surface area contributed by atoms with Crippen LogP contribution in [0, 0.1) is 5.92 Å². The van der Waals surface area contributed by atoms with E-state index in [4.69, 9.17) is 9.05 Å². The van der Waals surface area contributed by atoms with Crippen LogP contribution in [0.5, 0.6) is 0 Å².